The molecule has 0 aromatic heterocycles. The van der Waals surface area contributed by atoms with Gasteiger partial charge in [0.1, 0.15) is 6.61 Å². The maximum atomic E-state index is 11.6. The summed E-state index contributed by atoms with van der Waals surface area (Å²) in [7, 11) is 0. The molecule has 1 aliphatic carbocycles. The van der Waals surface area contributed by atoms with Gasteiger partial charge in [0, 0.05) is 24.3 Å². The van der Waals surface area contributed by atoms with Gasteiger partial charge in [-0.15, -0.1) is 5.73 Å². The summed E-state index contributed by atoms with van der Waals surface area (Å²) in [5.41, 5.74) is 6.08. The van der Waals surface area contributed by atoms with Crippen molar-refractivity contribution in [2.75, 3.05) is 6.61 Å². The third-order valence-corrected chi connectivity index (χ3v) is 3.20. The quantitative estimate of drug-likeness (QED) is 0.449. The van der Waals surface area contributed by atoms with E-state index in [1.165, 1.54) is 6.92 Å². The van der Waals surface area contributed by atoms with Gasteiger partial charge in [0.05, 0.1) is 0 Å². The van der Waals surface area contributed by atoms with Crippen LogP contribution in [0.1, 0.15) is 41.0 Å². The zero-order valence-electron chi connectivity index (χ0n) is 12.9. The molecule has 0 aromatic rings. The molecule has 0 atom stereocenters. The molecule has 3 heteroatoms. The van der Waals surface area contributed by atoms with Crippen LogP contribution in [-0.4, -0.2) is 18.4 Å². The number of rotatable bonds is 3. The summed E-state index contributed by atoms with van der Waals surface area (Å²) in [6.45, 7) is 9.62. The van der Waals surface area contributed by atoms with Crippen molar-refractivity contribution in [1.82, 2.24) is 0 Å². The van der Waals surface area contributed by atoms with Crippen LogP contribution in [0.3, 0.4) is 0 Å². The summed E-state index contributed by atoms with van der Waals surface area (Å²) >= 11 is 0. The lowest BCUT2D eigenvalue weighted by Crippen LogP contribution is -2.23. The minimum absolute atomic E-state index is 0.167. The van der Waals surface area contributed by atoms with Crippen LogP contribution in [0.5, 0.6) is 0 Å². The molecule has 0 fully saturated rings. The van der Waals surface area contributed by atoms with Gasteiger partial charge in [-0.1, -0.05) is 13.8 Å². The molecule has 0 unspecified atom stereocenters. The van der Waals surface area contributed by atoms with E-state index in [9.17, 15) is 9.59 Å². The van der Waals surface area contributed by atoms with Crippen molar-refractivity contribution in [2.24, 2.45) is 5.41 Å². The molecule has 0 radical (unpaired) electrons. The Labute approximate surface area is 120 Å². The highest BCUT2D eigenvalue weighted by Gasteiger charge is 2.30. The van der Waals surface area contributed by atoms with Gasteiger partial charge in [-0.25, -0.2) is 0 Å². The average Bonchev–Trinajstić information content (AvgIpc) is 2.25. The Hall–Kier alpha value is -1.86. The molecule has 108 valence electrons. The number of hydrogen-bond donors (Lipinski definition) is 0. The predicted octanol–water partition coefficient (Wildman–Crippen LogP) is 3.52. The monoisotopic (exact) mass is 274 g/mol. The third kappa shape index (κ3) is 4.67. The smallest absolute Gasteiger partial charge is 0.302 e. The Kier molecular flexibility index (Phi) is 5.29. The molecule has 0 saturated carbocycles. The molecule has 0 amide bonds. The zero-order chi connectivity index (χ0) is 15.3. The molecule has 20 heavy (non-hydrogen) atoms. The van der Waals surface area contributed by atoms with Crippen molar-refractivity contribution in [3.63, 3.8) is 0 Å². The third-order valence-electron chi connectivity index (χ3n) is 3.20. The van der Waals surface area contributed by atoms with Crippen LogP contribution in [0, 0.1) is 5.41 Å². The topological polar surface area (TPSA) is 43.4 Å². The van der Waals surface area contributed by atoms with Gasteiger partial charge in [-0.2, -0.15) is 0 Å². The SMILES string of the molecule is CC(=O)OC/C=C(\C)C=C=C1C(C)=CC(=O)CC1(C)C. The summed E-state index contributed by atoms with van der Waals surface area (Å²) in [5, 5.41) is 0. The number of carbonyl (C=O) groups is 2. The van der Waals surface area contributed by atoms with E-state index < -0.39 is 0 Å². The fraction of sp³-hybridized carbons (Fsp3) is 0.471. The Morgan fingerprint density at radius 1 is 1.45 bits per heavy atom. The van der Waals surface area contributed by atoms with Crippen LogP contribution in [-0.2, 0) is 14.3 Å². The van der Waals surface area contributed by atoms with Gasteiger partial charge in [0.2, 0.25) is 0 Å². The number of esters is 1. The number of ether oxygens (including phenoxy) is 1. The van der Waals surface area contributed by atoms with Crippen LogP contribution < -0.4 is 0 Å². The maximum absolute atomic E-state index is 11.6. The first-order chi connectivity index (χ1) is 9.22. The number of ketones is 1. The van der Waals surface area contributed by atoms with E-state index in [0.717, 1.165) is 16.7 Å². The normalized spacial score (nSPS) is 18.2. The van der Waals surface area contributed by atoms with E-state index in [2.05, 4.69) is 19.6 Å². The molecule has 1 rings (SSSR count). The van der Waals surface area contributed by atoms with Crippen molar-refractivity contribution in [1.29, 1.82) is 0 Å². The van der Waals surface area contributed by atoms with Crippen molar-refractivity contribution in [3.8, 4) is 0 Å². The Balaban J connectivity index is 2.96. The highest BCUT2D eigenvalue weighted by Crippen LogP contribution is 2.38. The Morgan fingerprint density at radius 2 is 2.10 bits per heavy atom. The van der Waals surface area contributed by atoms with Crippen molar-refractivity contribution in [3.05, 3.63) is 40.7 Å². The fourth-order valence-electron chi connectivity index (χ4n) is 2.27. The summed E-state index contributed by atoms with van der Waals surface area (Å²) in [5.74, 6) is -0.123. The van der Waals surface area contributed by atoms with Gasteiger partial charge in [0.25, 0.3) is 0 Å². The fourth-order valence-corrected chi connectivity index (χ4v) is 2.27. The largest absolute Gasteiger partial charge is 0.462 e. The average molecular weight is 274 g/mol. The highest BCUT2D eigenvalue weighted by molar-refractivity contribution is 5.93. The lowest BCUT2D eigenvalue weighted by molar-refractivity contribution is -0.139. The Morgan fingerprint density at radius 3 is 2.65 bits per heavy atom. The second-order valence-corrected chi connectivity index (χ2v) is 5.77. The first-order valence-corrected chi connectivity index (χ1v) is 6.71. The van der Waals surface area contributed by atoms with Gasteiger partial charge >= 0.3 is 5.97 Å². The minimum Gasteiger partial charge on any atom is -0.462 e. The molecule has 0 N–H and O–H groups in total. The van der Waals surface area contributed by atoms with Gasteiger partial charge in [-0.05, 0) is 43.2 Å². The molecular formula is C17H22O3. The first-order valence-electron chi connectivity index (χ1n) is 6.71. The van der Waals surface area contributed by atoms with Crippen molar-refractivity contribution < 1.29 is 14.3 Å². The van der Waals surface area contributed by atoms with Crippen LogP contribution in [0.2, 0.25) is 0 Å². The summed E-state index contributed by atoms with van der Waals surface area (Å²) in [6.07, 6.45) is 5.89. The van der Waals surface area contributed by atoms with Gasteiger partial charge in [-0.3, -0.25) is 9.59 Å². The minimum atomic E-state index is -0.290. The molecule has 3 nitrogen and oxygen atoms in total. The van der Waals surface area contributed by atoms with Gasteiger partial charge in [0.15, 0.2) is 5.78 Å². The van der Waals surface area contributed by atoms with Crippen LogP contribution in [0.25, 0.3) is 0 Å². The van der Waals surface area contributed by atoms with E-state index in [-0.39, 0.29) is 23.8 Å². The second kappa shape index (κ2) is 6.53. The van der Waals surface area contributed by atoms with E-state index in [4.69, 9.17) is 4.74 Å². The molecule has 0 heterocycles. The molecular weight excluding hydrogens is 252 g/mol. The summed E-state index contributed by atoms with van der Waals surface area (Å²) < 4.78 is 4.85. The van der Waals surface area contributed by atoms with Crippen molar-refractivity contribution in [2.45, 2.75) is 41.0 Å². The van der Waals surface area contributed by atoms with Gasteiger partial charge < -0.3 is 4.74 Å². The summed E-state index contributed by atoms with van der Waals surface area (Å²) in [6, 6.07) is 0. The van der Waals surface area contributed by atoms with E-state index in [1.54, 1.807) is 6.08 Å². The first kappa shape index (κ1) is 16.2. The predicted molar refractivity (Wildman–Crippen MR) is 79.1 cm³/mol. The van der Waals surface area contributed by atoms with Crippen LogP contribution in [0.15, 0.2) is 40.7 Å². The standard InChI is InChI=1S/C17H22O3/c1-12(8-9-20-14(3)18)6-7-16-13(2)10-15(19)11-17(16,4)5/h6,8,10H,9,11H2,1-5H3/b12-8+. The van der Waals surface area contributed by atoms with Crippen LogP contribution in [0.4, 0.5) is 0 Å². The summed E-state index contributed by atoms with van der Waals surface area (Å²) in [4.78, 5) is 22.3. The molecule has 0 bridgehead atoms. The molecule has 1 aliphatic rings. The lowest BCUT2D eigenvalue weighted by atomic mass is 9.73. The molecule has 0 spiro atoms. The molecule has 0 saturated heterocycles. The van der Waals surface area contributed by atoms with Crippen molar-refractivity contribution >= 4 is 11.8 Å². The lowest BCUT2D eigenvalue weighted by Gasteiger charge is -2.29. The molecule has 0 aromatic carbocycles. The number of allylic oxidation sites excluding steroid dienone is 4. The van der Waals surface area contributed by atoms with E-state index in [0.29, 0.717) is 6.42 Å². The van der Waals surface area contributed by atoms with E-state index >= 15 is 0 Å². The number of carbonyl (C=O) groups excluding carboxylic acids is 2. The molecule has 0 aliphatic heterocycles. The highest BCUT2D eigenvalue weighted by atomic mass is 16.5. The zero-order valence-corrected chi connectivity index (χ0v) is 12.9. The Bertz CT molecular complexity index is 539. The maximum Gasteiger partial charge on any atom is 0.302 e. The number of hydrogen-bond acceptors (Lipinski definition) is 3. The van der Waals surface area contributed by atoms with Crippen LogP contribution >= 0.6 is 0 Å². The van der Waals surface area contributed by atoms with E-state index in [1.807, 2.05) is 26.0 Å². The second-order valence-electron chi connectivity index (χ2n) is 5.77.